The molecular formula is C36H36F2N7O6PS. The molecule has 3 atom stereocenters. The number of imidazole rings is 1. The van der Waals surface area contributed by atoms with Crippen LogP contribution in [0.25, 0.3) is 15.7 Å². The van der Waals surface area contributed by atoms with Gasteiger partial charge in [0.25, 0.3) is 5.91 Å². The molecule has 8 rings (SSSR count). The van der Waals surface area contributed by atoms with Gasteiger partial charge in [0.1, 0.15) is 17.7 Å². The Hall–Kier alpha value is -4.60. The van der Waals surface area contributed by atoms with Crippen molar-refractivity contribution in [2.75, 3.05) is 26.2 Å². The van der Waals surface area contributed by atoms with Crippen LogP contribution in [0.4, 0.5) is 8.78 Å². The van der Waals surface area contributed by atoms with E-state index in [1.165, 1.54) is 12.1 Å². The van der Waals surface area contributed by atoms with E-state index >= 15 is 0 Å². The van der Waals surface area contributed by atoms with Crippen molar-refractivity contribution in [2.45, 2.75) is 55.5 Å². The average molecular weight is 764 g/mol. The number of rotatable bonds is 8. The number of amides is 3. The number of fused-ring (bicyclic) bond motifs is 3. The highest BCUT2D eigenvalue weighted by molar-refractivity contribution is 7.52. The maximum atomic E-state index is 14.6. The van der Waals surface area contributed by atoms with Crippen LogP contribution in [0.2, 0.25) is 0 Å². The van der Waals surface area contributed by atoms with Crippen LogP contribution in [-0.2, 0) is 26.4 Å². The van der Waals surface area contributed by atoms with Crippen molar-refractivity contribution < 1.29 is 37.5 Å². The van der Waals surface area contributed by atoms with Gasteiger partial charge in [-0.05, 0) is 72.2 Å². The maximum absolute atomic E-state index is 14.6. The van der Waals surface area contributed by atoms with Crippen LogP contribution in [0.15, 0.2) is 79.5 Å². The van der Waals surface area contributed by atoms with E-state index in [-0.39, 0.29) is 40.6 Å². The number of carbonyl (C=O) groups is 3. The largest absolute Gasteiger partial charge is 0.399 e. The summed E-state index contributed by atoms with van der Waals surface area (Å²) in [7, 11) is -5.79. The molecule has 17 heteroatoms. The van der Waals surface area contributed by atoms with Crippen molar-refractivity contribution in [3.05, 3.63) is 101 Å². The number of thiophene rings is 1. The molecule has 3 saturated heterocycles. The summed E-state index contributed by atoms with van der Waals surface area (Å²) >= 11 is 1.01. The second kappa shape index (κ2) is 13.7. The Bertz CT molecular complexity index is 2260. The molecule has 0 radical (unpaired) electrons. The fourth-order valence-corrected chi connectivity index (χ4v) is 9.10. The second-order valence-corrected chi connectivity index (χ2v) is 16.7. The van der Waals surface area contributed by atoms with Crippen LogP contribution < -0.4 is 5.32 Å². The molecule has 1 aromatic carbocycles. The Morgan fingerprint density at radius 2 is 1.85 bits per heavy atom. The lowest BCUT2D eigenvalue weighted by atomic mass is 9.92. The Morgan fingerprint density at radius 1 is 1.02 bits per heavy atom. The zero-order chi connectivity index (χ0) is 37.1. The number of benzene rings is 1. The van der Waals surface area contributed by atoms with Gasteiger partial charge in [0.15, 0.2) is 0 Å². The maximum Gasteiger partial charge on any atom is 0.399 e. The number of hydrogen-bond acceptors (Lipinski definition) is 8. The zero-order valence-electron chi connectivity index (χ0n) is 28.3. The summed E-state index contributed by atoms with van der Waals surface area (Å²) in [5.41, 5.74) is -2.45. The number of hydrogen-bond donors (Lipinski definition) is 3. The third kappa shape index (κ3) is 6.74. The highest BCUT2D eigenvalue weighted by Crippen LogP contribution is 2.59. The monoisotopic (exact) mass is 763 g/mol. The van der Waals surface area contributed by atoms with E-state index in [1.54, 1.807) is 28.4 Å². The first kappa shape index (κ1) is 35.4. The molecule has 276 valence electrons. The first-order valence-corrected chi connectivity index (χ1v) is 19.7. The van der Waals surface area contributed by atoms with E-state index < -0.39 is 36.8 Å². The van der Waals surface area contributed by atoms with E-state index in [0.29, 0.717) is 50.1 Å². The number of pyridine rings is 2. The minimum atomic E-state index is -5.79. The van der Waals surface area contributed by atoms with Crippen molar-refractivity contribution in [2.24, 2.45) is 0 Å². The van der Waals surface area contributed by atoms with Gasteiger partial charge in [-0.15, -0.1) is 11.3 Å². The molecule has 7 heterocycles. The molecule has 0 aliphatic carbocycles. The number of aromatic nitrogens is 3. The van der Waals surface area contributed by atoms with Crippen molar-refractivity contribution >= 4 is 52.4 Å². The lowest BCUT2D eigenvalue weighted by Crippen LogP contribution is -2.62. The summed E-state index contributed by atoms with van der Waals surface area (Å²) in [6, 6.07) is 10.5. The van der Waals surface area contributed by atoms with Crippen LogP contribution in [-0.4, -0.2) is 101 Å². The molecule has 0 bridgehead atoms. The summed E-state index contributed by atoms with van der Waals surface area (Å²) in [5, 5.41) is 3.10. The summed E-state index contributed by atoms with van der Waals surface area (Å²) in [5.74, 6) is -0.895. The van der Waals surface area contributed by atoms with E-state index in [4.69, 9.17) is 0 Å². The Balaban J connectivity index is 1.05. The summed E-state index contributed by atoms with van der Waals surface area (Å²) < 4.78 is 42.8. The molecule has 53 heavy (non-hydrogen) atoms. The van der Waals surface area contributed by atoms with Gasteiger partial charge >= 0.3 is 13.3 Å². The minimum Gasteiger partial charge on any atom is -0.340 e. The molecule has 5 aromatic rings. The fourth-order valence-electron chi connectivity index (χ4n) is 7.68. The van der Waals surface area contributed by atoms with Gasteiger partial charge in [0.2, 0.25) is 11.8 Å². The molecule has 1 unspecified atom stereocenters. The highest BCUT2D eigenvalue weighted by Gasteiger charge is 2.51. The second-order valence-electron chi connectivity index (χ2n) is 13.9. The SMILES string of the molecule is O=C(NC1CN(Cc2ccn3ccnc3c2)CC[C@H]2CC[C@@H](C(=O)N3CC(c4cccnc4)C3)N2C1=O)c1cc2cc(C(F)(F)P(=O)(O)O)ccc2s1. The number of likely N-dealkylation sites (tertiary alicyclic amines) is 1. The number of alkyl halides is 2. The lowest BCUT2D eigenvalue weighted by molar-refractivity contribution is -0.150. The molecule has 0 spiro atoms. The molecule has 13 nitrogen and oxygen atoms in total. The van der Waals surface area contributed by atoms with Crippen LogP contribution in [0.1, 0.15) is 51.5 Å². The number of halogens is 2. The van der Waals surface area contributed by atoms with E-state index in [2.05, 4.69) is 20.2 Å². The smallest absolute Gasteiger partial charge is 0.340 e. The van der Waals surface area contributed by atoms with E-state index in [0.717, 1.165) is 40.2 Å². The zero-order valence-corrected chi connectivity index (χ0v) is 30.0. The first-order chi connectivity index (χ1) is 25.4. The van der Waals surface area contributed by atoms with Gasteiger partial charge in [-0.25, -0.2) is 4.98 Å². The van der Waals surface area contributed by atoms with Crippen LogP contribution in [0, 0.1) is 0 Å². The molecule has 3 fully saturated rings. The highest BCUT2D eigenvalue weighted by atomic mass is 32.1. The standard InChI is InChI=1S/C36H36F2N7O6PS/c37-36(38,52(49,50)51)26-3-6-30-24(15-26)16-31(53-30)33(46)41-28-21-42(18-22-7-12-43-13-10-40-32(43)14-22)11-8-27-4-5-29(45(27)34(28)47)35(48)44-19-25(20-44)23-2-1-9-39-17-23/h1-3,6-7,9-10,12-17,25,27-29H,4-5,8,11,18-21H2,(H,41,46)(H2,49,50,51)/t27-,28?,29+/m1/s1. The van der Waals surface area contributed by atoms with Gasteiger partial charge in [0, 0.05) is 85.9 Å². The van der Waals surface area contributed by atoms with Gasteiger partial charge < -0.3 is 29.3 Å². The van der Waals surface area contributed by atoms with Crippen molar-refractivity contribution in [3.63, 3.8) is 0 Å². The topological polar surface area (TPSA) is 161 Å². The molecule has 0 saturated carbocycles. The third-order valence-corrected chi connectivity index (χ3v) is 12.6. The third-order valence-electron chi connectivity index (χ3n) is 10.5. The predicted molar refractivity (Wildman–Crippen MR) is 191 cm³/mol. The summed E-state index contributed by atoms with van der Waals surface area (Å²) in [4.78, 5) is 75.0. The van der Waals surface area contributed by atoms with Gasteiger partial charge in [-0.1, -0.05) is 12.1 Å². The van der Waals surface area contributed by atoms with Gasteiger partial charge in [-0.3, -0.25) is 28.8 Å². The Morgan fingerprint density at radius 3 is 2.62 bits per heavy atom. The molecule has 4 aromatic heterocycles. The number of nitrogens with one attached hydrogen (secondary N) is 1. The van der Waals surface area contributed by atoms with Gasteiger partial charge in [0.05, 0.1) is 4.88 Å². The summed E-state index contributed by atoms with van der Waals surface area (Å²) in [6.45, 7) is 2.33. The first-order valence-electron chi connectivity index (χ1n) is 17.3. The van der Waals surface area contributed by atoms with Crippen LogP contribution >= 0.6 is 18.9 Å². The molecule has 3 aliphatic heterocycles. The average Bonchev–Trinajstić information content (AvgIpc) is 3.86. The van der Waals surface area contributed by atoms with E-state index in [9.17, 15) is 37.5 Å². The lowest BCUT2D eigenvalue weighted by Gasteiger charge is -2.44. The van der Waals surface area contributed by atoms with Crippen LogP contribution in [0.5, 0.6) is 0 Å². The quantitative estimate of drug-likeness (QED) is 0.197. The Kier molecular flexibility index (Phi) is 9.14. The molecule has 3 aliphatic rings. The van der Waals surface area contributed by atoms with Crippen molar-refractivity contribution in [1.82, 2.24) is 34.4 Å². The normalized spacial score (nSPS) is 21.7. The van der Waals surface area contributed by atoms with Crippen molar-refractivity contribution in [3.8, 4) is 0 Å². The van der Waals surface area contributed by atoms with E-state index in [1.807, 2.05) is 41.1 Å². The van der Waals surface area contributed by atoms with Gasteiger partial charge in [-0.2, -0.15) is 8.78 Å². The van der Waals surface area contributed by atoms with Crippen molar-refractivity contribution in [1.29, 1.82) is 0 Å². The molecule has 3 N–H and O–H groups in total. The minimum absolute atomic E-state index is 0.107. The molecule has 3 amide bonds. The molecular weight excluding hydrogens is 727 g/mol. The Labute approximate surface area is 306 Å². The predicted octanol–water partition coefficient (Wildman–Crippen LogP) is 4.16. The number of nitrogens with zero attached hydrogens (tertiary/aromatic N) is 6. The van der Waals surface area contributed by atoms with Crippen LogP contribution in [0.3, 0.4) is 0 Å². The summed E-state index contributed by atoms with van der Waals surface area (Å²) in [6.07, 6.45) is 10.8. The number of carbonyl (C=O) groups excluding carboxylic acids is 3. The fraction of sp³-hybridized carbons (Fsp3) is 0.361.